The standard InChI is InChI=1S/C23H40N3/c1-2-3-4-5-6-7-8-9-13-16-23-25-18-20-26(23,19-17-24)21-22-14-11-10-12-15-22/h10-12,14-15H,2-9,13,16-21,24H2,1H3/q+1. The Morgan fingerprint density at radius 2 is 1.58 bits per heavy atom. The molecule has 1 aliphatic rings. The molecule has 1 aromatic carbocycles. The lowest BCUT2D eigenvalue weighted by atomic mass is 10.1. The topological polar surface area (TPSA) is 38.4 Å². The highest BCUT2D eigenvalue weighted by atomic mass is 15.4. The molecule has 2 rings (SSSR count). The van der Waals surface area contributed by atoms with Gasteiger partial charge in [0.2, 0.25) is 0 Å². The molecule has 1 heterocycles. The molecule has 1 aromatic rings. The van der Waals surface area contributed by atoms with E-state index in [1.54, 1.807) is 0 Å². The summed E-state index contributed by atoms with van der Waals surface area (Å²) in [6.07, 6.45) is 13.6. The lowest BCUT2D eigenvalue weighted by Crippen LogP contribution is -2.52. The second-order valence-corrected chi connectivity index (χ2v) is 7.90. The van der Waals surface area contributed by atoms with Crippen LogP contribution in [0.3, 0.4) is 0 Å². The van der Waals surface area contributed by atoms with Crippen molar-refractivity contribution < 1.29 is 4.48 Å². The Morgan fingerprint density at radius 3 is 2.23 bits per heavy atom. The summed E-state index contributed by atoms with van der Waals surface area (Å²) >= 11 is 0. The number of aliphatic imine (C=N–C) groups is 1. The fourth-order valence-electron chi connectivity index (χ4n) is 4.23. The summed E-state index contributed by atoms with van der Waals surface area (Å²) in [6, 6.07) is 10.9. The highest BCUT2D eigenvalue weighted by Crippen LogP contribution is 2.23. The summed E-state index contributed by atoms with van der Waals surface area (Å²) < 4.78 is 0.998. The summed E-state index contributed by atoms with van der Waals surface area (Å²) in [5.41, 5.74) is 7.39. The third-order valence-corrected chi connectivity index (χ3v) is 5.76. The summed E-state index contributed by atoms with van der Waals surface area (Å²) in [7, 11) is 0. The van der Waals surface area contributed by atoms with Gasteiger partial charge in [-0.15, -0.1) is 0 Å². The fourth-order valence-corrected chi connectivity index (χ4v) is 4.23. The highest BCUT2D eigenvalue weighted by Gasteiger charge is 2.37. The average Bonchev–Trinajstić information content (AvgIpc) is 3.03. The monoisotopic (exact) mass is 358 g/mol. The van der Waals surface area contributed by atoms with E-state index in [0.29, 0.717) is 0 Å². The maximum Gasteiger partial charge on any atom is 0.198 e. The number of amidine groups is 1. The lowest BCUT2D eigenvalue weighted by Gasteiger charge is -2.34. The third-order valence-electron chi connectivity index (χ3n) is 5.76. The van der Waals surface area contributed by atoms with Crippen LogP contribution in [0, 0.1) is 0 Å². The van der Waals surface area contributed by atoms with Gasteiger partial charge >= 0.3 is 0 Å². The number of quaternary nitrogens is 1. The Balaban J connectivity index is 1.74. The van der Waals surface area contributed by atoms with E-state index in [1.165, 1.54) is 69.2 Å². The van der Waals surface area contributed by atoms with Gasteiger partial charge in [0, 0.05) is 18.5 Å². The summed E-state index contributed by atoms with van der Waals surface area (Å²) in [5, 5.41) is 0. The predicted octanol–water partition coefficient (Wildman–Crippen LogP) is 5.30. The van der Waals surface area contributed by atoms with Crippen LogP contribution in [0.4, 0.5) is 0 Å². The minimum Gasteiger partial charge on any atom is -0.326 e. The van der Waals surface area contributed by atoms with Gasteiger partial charge in [-0.25, -0.2) is 4.99 Å². The molecule has 3 nitrogen and oxygen atoms in total. The van der Waals surface area contributed by atoms with E-state index in [0.717, 1.165) is 43.6 Å². The molecule has 0 spiro atoms. The Morgan fingerprint density at radius 1 is 0.923 bits per heavy atom. The number of hydrogen-bond acceptors (Lipinski definition) is 2. The van der Waals surface area contributed by atoms with Gasteiger partial charge in [0.1, 0.15) is 13.1 Å². The molecule has 146 valence electrons. The number of nitrogens with two attached hydrogens (primary N) is 1. The van der Waals surface area contributed by atoms with Crippen molar-refractivity contribution in [1.29, 1.82) is 0 Å². The Bertz CT molecular complexity index is 511. The van der Waals surface area contributed by atoms with E-state index in [4.69, 9.17) is 10.7 Å². The molecule has 0 amide bonds. The molecule has 2 N–H and O–H groups in total. The molecule has 0 fully saturated rings. The van der Waals surface area contributed by atoms with Crippen LogP contribution in [0.2, 0.25) is 0 Å². The van der Waals surface area contributed by atoms with E-state index in [2.05, 4.69) is 37.3 Å². The van der Waals surface area contributed by atoms with Crippen molar-refractivity contribution in [2.75, 3.05) is 26.2 Å². The van der Waals surface area contributed by atoms with Crippen molar-refractivity contribution in [3.63, 3.8) is 0 Å². The first kappa shape index (κ1) is 21.1. The van der Waals surface area contributed by atoms with Gasteiger partial charge in [0.25, 0.3) is 0 Å². The van der Waals surface area contributed by atoms with Crippen LogP contribution in [0.15, 0.2) is 35.3 Å². The van der Waals surface area contributed by atoms with Gasteiger partial charge in [0.05, 0.1) is 13.1 Å². The molecule has 0 bridgehead atoms. The molecule has 0 aromatic heterocycles. The van der Waals surface area contributed by atoms with Gasteiger partial charge in [0.15, 0.2) is 5.84 Å². The minimum absolute atomic E-state index is 0.740. The number of unbranched alkanes of at least 4 members (excludes halogenated alkanes) is 8. The first-order valence-electron chi connectivity index (χ1n) is 10.9. The third kappa shape index (κ3) is 6.85. The number of rotatable bonds is 14. The van der Waals surface area contributed by atoms with E-state index in [9.17, 15) is 0 Å². The zero-order chi connectivity index (χ0) is 18.5. The molecular weight excluding hydrogens is 318 g/mol. The largest absolute Gasteiger partial charge is 0.326 e. The van der Waals surface area contributed by atoms with E-state index in [1.807, 2.05) is 0 Å². The second-order valence-electron chi connectivity index (χ2n) is 7.90. The number of benzene rings is 1. The molecular formula is C23H40N3+. The molecule has 1 atom stereocenters. The van der Waals surface area contributed by atoms with Gasteiger partial charge in [-0.3, -0.25) is 4.48 Å². The van der Waals surface area contributed by atoms with Crippen molar-refractivity contribution in [2.24, 2.45) is 10.7 Å². The first-order chi connectivity index (χ1) is 12.8. The van der Waals surface area contributed by atoms with Crippen LogP contribution in [-0.4, -0.2) is 36.5 Å². The number of hydrogen-bond donors (Lipinski definition) is 1. The summed E-state index contributed by atoms with van der Waals surface area (Å²) in [6.45, 7) is 7.19. The van der Waals surface area contributed by atoms with Gasteiger partial charge in [-0.05, 0) is 6.42 Å². The molecule has 0 aliphatic carbocycles. The smallest absolute Gasteiger partial charge is 0.198 e. The molecule has 1 aliphatic heterocycles. The molecule has 26 heavy (non-hydrogen) atoms. The maximum absolute atomic E-state index is 5.98. The Labute approximate surface area is 161 Å². The quantitative estimate of drug-likeness (QED) is 0.356. The molecule has 3 heteroatoms. The van der Waals surface area contributed by atoms with Crippen molar-refractivity contribution >= 4 is 5.84 Å². The Hall–Kier alpha value is -1.19. The van der Waals surface area contributed by atoms with Gasteiger partial charge in [-0.2, -0.15) is 0 Å². The van der Waals surface area contributed by atoms with E-state index >= 15 is 0 Å². The summed E-state index contributed by atoms with van der Waals surface area (Å²) in [5.74, 6) is 1.40. The lowest BCUT2D eigenvalue weighted by molar-refractivity contribution is -0.848. The SMILES string of the molecule is CCCCCCCCCCCC1=NCC[N+]1(CCN)Cc1ccccc1. The molecule has 0 saturated heterocycles. The second kappa shape index (κ2) is 12.2. The van der Waals surface area contributed by atoms with Crippen LogP contribution in [0.1, 0.15) is 76.7 Å². The fraction of sp³-hybridized carbons (Fsp3) is 0.696. The van der Waals surface area contributed by atoms with Crippen LogP contribution in [-0.2, 0) is 6.54 Å². The van der Waals surface area contributed by atoms with Crippen LogP contribution in [0.25, 0.3) is 0 Å². The van der Waals surface area contributed by atoms with Crippen LogP contribution < -0.4 is 5.73 Å². The van der Waals surface area contributed by atoms with Crippen molar-refractivity contribution in [2.45, 2.75) is 77.7 Å². The summed E-state index contributed by atoms with van der Waals surface area (Å²) in [4.78, 5) is 4.91. The van der Waals surface area contributed by atoms with E-state index < -0.39 is 0 Å². The average molecular weight is 359 g/mol. The number of nitrogens with zero attached hydrogens (tertiary/aromatic N) is 2. The predicted molar refractivity (Wildman–Crippen MR) is 113 cm³/mol. The van der Waals surface area contributed by atoms with Crippen molar-refractivity contribution in [3.05, 3.63) is 35.9 Å². The van der Waals surface area contributed by atoms with Crippen molar-refractivity contribution in [3.8, 4) is 0 Å². The zero-order valence-corrected chi connectivity index (χ0v) is 17.0. The molecule has 0 saturated carbocycles. The van der Waals surface area contributed by atoms with Gasteiger partial charge in [-0.1, -0.05) is 88.6 Å². The molecule has 1 unspecified atom stereocenters. The maximum atomic E-state index is 5.98. The van der Waals surface area contributed by atoms with Crippen molar-refractivity contribution in [1.82, 2.24) is 0 Å². The zero-order valence-electron chi connectivity index (χ0n) is 17.0. The molecule has 0 radical (unpaired) electrons. The normalized spacial score (nSPS) is 19.7. The van der Waals surface area contributed by atoms with E-state index in [-0.39, 0.29) is 0 Å². The first-order valence-corrected chi connectivity index (χ1v) is 10.9. The van der Waals surface area contributed by atoms with Crippen LogP contribution in [0.5, 0.6) is 0 Å². The minimum atomic E-state index is 0.740. The Kier molecular flexibility index (Phi) is 9.94. The van der Waals surface area contributed by atoms with Crippen LogP contribution >= 0.6 is 0 Å². The highest BCUT2D eigenvalue weighted by molar-refractivity contribution is 5.76. The van der Waals surface area contributed by atoms with Gasteiger partial charge < -0.3 is 5.73 Å².